The van der Waals surface area contributed by atoms with Gasteiger partial charge in [0.1, 0.15) is 5.75 Å². The molecular weight excluding hydrogens is 295 g/mol. The molecule has 1 aliphatic heterocycles. The van der Waals surface area contributed by atoms with Crippen LogP contribution in [0, 0.1) is 0 Å². The van der Waals surface area contributed by atoms with Gasteiger partial charge in [0.25, 0.3) is 0 Å². The summed E-state index contributed by atoms with van der Waals surface area (Å²) in [4.78, 5) is 4.19. The third kappa shape index (κ3) is 3.95. The van der Waals surface area contributed by atoms with Gasteiger partial charge in [-0.25, -0.2) is 0 Å². The summed E-state index contributed by atoms with van der Waals surface area (Å²) in [7, 11) is -2.99. The number of hydrogen-bond acceptors (Lipinski definition) is 5. The van der Waals surface area contributed by atoms with E-state index in [1.54, 1.807) is 0 Å². The van der Waals surface area contributed by atoms with Gasteiger partial charge < -0.3 is 14.0 Å². The Hall–Kier alpha value is -1.05. The molecule has 0 bridgehead atoms. The minimum atomic E-state index is -5.02. The van der Waals surface area contributed by atoms with Crippen LogP contribution in [0.5, 0.6) is 5.75 Å². The highest BCUT2D eigenvalue weighted by Crippen LogP contribution is 2.31. The Kier molecular flexibility index (Phi) is 4.17. The van der Waals surface area contributed by atoms with Crippen molar-refractivity contribution in [2.24, 2.45) is 0 Å². The highest BCUT2D eigenvalue weighted by molar-refractivity contribution is 7.81. The van der Waals surface area contributed by atoms with Gasteiger partial charge in [-0.15, -0.1) is 0 Å². The van der Waals surface area contributed by atoms with Gasteiger partial charge in [-0.1, -0.05) is 15.5 Å². The molecule has 2 rings (SSSR count). The van der Waals surface area contributed by atoms with Crippen LogP contribution in [-0.4, -0.2) is 46.5 Å². The molecule has 0 radical (unpaired) electrons. The second kappa shape index (κ2) is 5.52. The van der Waals surface area contributed by atoms with E-state index in [1.807, 2.05) is 11.9 Å². The van der Waals surface area contributed by atoms with Gasteiger partial charge in [0.2, 0.25) is 0 Å². The number of rotatable bonds is 3. The molecule has 0 unspecified atom stereocenters. The van der Waals surface area contributed by atoms with Crippen molar-refractivity contribution in [3.63, 3.8) is 0 Å². The van der Waals surface area contributed by atoms with E-state index >= 15 is 0 Å². The molecule has 106 valence electrons. The quantitative estimate of drug-likeness (QED) is 0.795. The van der Waals surface area contributed by atoms with Gasteiger partial charge in [-0.3, -0.25) is 0 Å². The topological polar surface area (TPSA) is 49.9 Å². The van der Waals surface area contributed by atoms with Crippen molar-refractivity contribution >= 4 is 27.8 Å². The van der Waals surface area contributed by atoms with E-state index in [-0.39, 0.29) is 5.75 Å². The number of halogens is 2. The van der Waals surface area contributed by atoms with Crippen LogP contribution in [0.1, 0.15) is 0 Å². The van der Waals surface area contributed by atoms with Crippen molar-refractivity contribution in [3.8, 4) is 5.75 Å². The van der Waals surface area contributed by atoms with E-state index in [0.29, 0.717) is 10.7 Å². The molecule has 1 fully saturated rings. The zero-order chi connectivity index (χ0) is 14.0. The van der Waals surface area contributed by atoms with Crippen molar-refractivity contribution in [2.75, 3.05) is 38.1 Å². The molecule has 1 aromatic carbocycles. The highest BCUT2D eigenvalue weighted by atomic mass is 35.5. The Balaban J connectivity index is 2.22. The fourth-order valence-corrected chi connectivity index (χ4v) is 2.52. The highest BCUT2D eigenvalue weighted by Gasteiger charge is 2.18. The van der Waals surface area contributed by atoms with Crippen molar-refractivity contribution in [2.45, 2.75) is 0 Å². The fraction of sp³-hybridized carbons (Fsp3) is 0.455. The lowest BCUT2D eigenvalue weighted by atomic mass is 10.2. The minimum Gasteiger partial charge on any atom is -0.368 e. The maximum Gasteiger partial charge on any atom is 0.488 e. The lowest BCUT2D eigenvalue weighted by Gasteiger charge is -2.34. The van der Waals surface area contributed by atoms with E-state index in [4.69, 9.17) is 11.6 Å². The summed E-state index contributed by atoms with van der Waals surface area (Å²) in [6, 6.07) is 4.25. The Morgan fingerprint density at radius 1 is 1.26 bits per heavy atom. The van der Waals surface area contributed by atoms with Crippen molar-refractivity contribution in [1.82, 2.24) is 4.90 Å². The number of anilines is 1. The first-order chi connectivity index (χ1) is 8.85. The molecule has 0 aliphatic carbocycles. The molecule has 1 aliphatic rings. The van der Waals surface area contributed by atoms with Gasteiger partial charge >= 0.3 is 10.5 Å². The lowest BCUT2D eigenvalue weighted by Crippen LogP contribution is -2.44. The predicted molar refractivity (Wildman–Crippen MR) is 71.8 cm³/mol. The van der Waals surface area contributed by atoms with Gasteiger partial charge in [-0.2, -0.15) is 8.42 Å². The van der Waals surface area contributed by atoms with E-state index in [2.05, 4.69) is 9.08 Å². The smallest absolute Gasteiger partial charge is 0.368 e. The van der Waals surface area contributed by atoms with Crippen LogP contribution in [0.3, 0.4) is 0 Å². The summed E-state index contributed by atoms with van der Waals surface area (Å²) in [5, 5.41) is 0.480. The number of likely N-dealkylation sites (N-methyl/N-ethyl adjacent to an activating group) is 1. The van der Waals surface area contributed by atoms with Crippen LogP contribution >= 0.6 is 11.6 Å². The molecular formula is C11H14ClFN2O3S. The molecule has 0 saturated carbocycles. The summed E-state index contributed by atoms with van der Waals surface area (Å²) in [5.41, 5.74) is 0.649. The molecule has 1 heterocycles. The molecule has 19 heavy (non-hydrogen) atoms. The second-order valence-corrected chi connectivity index (χ2v) is 5.74. The van der Waals surface area contributed by atoms with Crippen LogP contribution in [0.4, 0.5) is 9.57 Å². The summed E-state index contributed by atoms with van der Waals surface area (Å²) in [5.74, 6) is -0.0826. The van der Waals surface area contributed by atoms with E-state index in [0.717, 1.165) is 26.2 Å². The van der Waals surface area contributed by atoms with E-state index in [9.17, 15) is 12.3 Å². The number of piperazine rings is 1. The van der Waals surface area contributed by atoms with Gasteiger partial charge in [0.05, 0.1) is 10.7 Å². The van der Waals surface area contributed by atoms with Crippen molar-refractivity contribution < 1.29 is 16.5 Å². The maximum absolute atomic E-state index is 12.5. The van der Waals surface area contributed by atoms with Crippen LogP contribution in [-0.2, 0) is 10.5 Å². The third-order valence-corrected chi connectivity index (χ3v) is 3.67. The van der Waals surface area contributed by atoms with Crippen LogP contribution < -0.4 is 9.08 Å². The third-order valence-electron chi connectivity index (χ3n) is 2.96. The van der Waals surface area contributed by atoms with E-state index < -0.39 is 10.5 Å². The Morgan fingerprint density at radius 3 is 2.47 bits per heavy atom. The summed E-state index contributed by atoms with van der Waals surface area (Å²) in [6.07, 6.45) is 0. The van der Waals surface area contributed by atoms with Crippen LogP contribution in [0.15, 0.2) is 18.2 Å². The molecule has 0 atom stereocenters. The predicted octanol–water partition coefficient (Wildman–Crippen LogP) is 1.68. The lowest BCUT2D eigenvalue weighted by molar-refractivity contribution is 0.313. The summed E-state index contributed by atoms with van der Waals surface area (Å²) >= 11 is 6.08. The first-order valence-corrected chi connectivity index (χ1v) is 7.41. The average molecular weight is 309 g/mol. The van der Waals surface area contributed by atoms with Gasteiger partial charge in [0.15, 0.2) is 0 Å². The normalized spacial score (nSPS) is 17.5. The number of hydrogen-bond donors (Lipinski definition) is 0. The number of nitrogens with zero attached hydrogens (tertiary/aromatic N) is 2. The zero-order valence-electron chi connectivity index (χ0n) is 10.3. The SMILES string of the molecule is CN1CCN(c2cc(OS(=O)(=O)F)ccc2Cl)CC1. The molecule has 0 amide bonds. The minimum absolute atomic E-state index is 0.0826. The first-order valence-electron chi connectivity index (χ1n) is 5.72. The van der Waals surface area contributed by atoms with Crippen LogP contribution in [0.2, 0.25) is 5.02 Å². The van der Waals surface area contributed by atoms with Gasteiger partial charge in [0, 0.05) is 32.2 Å². The maximum atomic E-state index is 12.5. The first kappa shape index (κ1) is 14.4. The fourth-order valence-electron chi connectivity index (χ4n) is 1.95. The van der Waals surface area contributed by atoms with Gasteiger partial charge in [-0.05, 0) is 19.2 Å². The summed E-state index contributed by atoms with van der Waals surface area (Å²) < 4.78 is 37.7. The molecule has 8 heteroatoms. The summed E-state index contributed by atoms with van der Waals surface area (Å²) in [6.45, 7) is 3.29. The van der Waals surface area contributed by atoms with E-state index in [1.165, 1.54) is 18.2 Å². The monoisotopic (exact) mass is 308 g/mol. The molecule has 1 saturated heterocycles. The standard InChI is InChI=1S/C11H14ClFN2O3S/c1-14-4-6-15(7-5-14)11-8-9(2-3-10(11)12)18-19(13,16)17/h2-3,8H,4-7H2,1H3. The Morgan fingerprint density at radius 2 is 1.89 bits per heavy atom. The average Bonchev–Trinajstić information content (AvgIpc) is 2.31. The molecule has 0 spiro atoms. The van der Waals surface area contributed by atoms with Crippen molar-refractivity contribution in [1.29, 1.82) is 0 Å². The van der Waals surface area contributed by atoms with Crippen molar-refractivity contribution in [3.05, 3.63) is 23.2 Å². The van der Waals surface area contributed by atoms with Crippen LogP contribution in [0.25, 0.3) is 0 Å². The Labute approximate surface area is 116 Å². The zero-order valence-corrected chi connectivity index (χ0v) is 11.9. The molecule has 5 nitrogen and oxygen atoms in total. The molecule has 0 N–H and O–H groups in total. The number of benzene rings is 1. The Bertz CT molecular complexity index is 559. The molecule has 1 aromatic rings. The molecule has 0 aromatic heterocycles. The second-order valence-electron chi connectivity index (χ2n) is 4.38. The largest absolute Gasteiger partial charge is 0.488 e.